The molecule has 1 aliphatic heterocycles. The third kappa shape index (κ3) is 5.76. The molecule has 0 unspecified atom stereocenters. The number of anilines is 1. The van der Waals surface area contributed by atoms with Crippen LogP contribution in [-0.4, -0.2) is 34.7 Å². The van der Waals surface area contributed by atoms with Crippen molar-refractivity contribution in [3.63, 3.8) is 0 Å². The predicted molar refractivity (Wildman–Crippen MR) is 90.7 cm³/mol. The molecule has 2 rings (SSSR count). The van der Waals surface area contributed by atoms with Gasteiger partial charge in [-0.25, -0.2) is 9.59 Å². The number of hydrogen-bond donors (Lipinski definition) is 2. The second-order valence-electron chi connectivity index (χ2n) is 6.64. The van der Waals surface area contributed by atoms with Crippen molar-refractivity contribution in [1.82, 2.24) is 10.4 Å². The molecule has 1 fully saturated rings. The minimum absolute atomic E-state index is 0.0332. The highest BCUT2D eigenvalue weighted by Gasteiger charge is 2.32. The predicted octanol–water partition coefficient (Wildman–Crippen LogP) is 2.32. The summed E-state index contributed by atoms with van der Waals surface area (Å²) in [4.78, 5) is 50.8. The van der Waals surface area contributed by atoms with Crippen molar-refractivity contribution in [3.8, 4) is 0 Å². The minimum atomic E-state index is -0.937. The van der Waals surface area contributed by atoms with Gasteiger partial charge >= 0.3 is 12.2 Å². The van der Waals surface area contributed by atoms with Crippen LogP contribution >= 0.6 is 0 Å². The Labute approximate surface area is 150 Å². The van der Waals surface area contributed by atoms with Crippen LogP contribution in [0.3, 0.4) is 0 Å². The van der Waals surface area contributed by atoms with Gasteiger partial charge in [-0.1, -0.05) is 12.1 Å². The first kappa shape index (κ1) is 19.2. The fourth-order valence-corrected chi connectivity index (χ4v) is 2.08. The van der Waals surface area contributed by atoms with Crippen LogP contribution in [0.15, 0.2) is 24.3 Å². The van der Waals surface area contributed by atoms with Gasteiger partial charge < -0.3 is 14.9 Å². The number of rotatable bonds is 4. The quantitative estimate of drug-likeness (QED) is 0.794. The van der Waals surface area contributed by atoms with E-state index in [0.717, 1.165) is 5.56 Å². The van der Waals surface area contributed by atoms with Gasteiger partial charge in [0.05, 0.1) is 0 Å². The van der Waals surface area contributed by atoms with E-state index in [1.165, 1.54) is 0 Å². The summed E-state index contributed by atoms with van der Waals surface area (Å²) >= 11 is 0. The maximum Gasteiger partial charge on any atom is 0.436 e. The van der Waals surface area contributed by atoms with Gasteiger partial charge in [-0.3, -0.25) is 14.9 Å². The van der Waals surface area contributed by atoms with Gasteiger partial charge in [-0.05, 0) is 38.5 Å². The van der Waals surface area contributed by atoms with Gasteiger partial charge in [0.25, 0.3) is 11.8 Å². The van der Waals surface area contributed by atoms with E-state index in [1.807, 2.05) is 0 Å². The van der Waals surface area contributed by atoms with Gasteiger partial charge in [0.15, 0.2) is 0 Å². The van der Waals surface area contributed by atoms with E-state index in [4.69, 9.17) is 9.57 Å². The second-order valence-corrected chi connectivity index (χ2v) is 6.64. The first-order chi connectivity index (χ1) is 12.1. The highest BCUT2D eigenvalue weighted by molar-refractivity contribution is 6.02. The van der Waals surface area contributed by atoms with Crippen LogP contribution < -0.4 is 10.6 Å². The molecule has 0 atom stereocenters. The van der Waals surface area contributed by atoms with Crippen LogP contribution in [0, 0.1) is 0 Å². The number of imide groups is 1. The van der Waals surface area contributed by atoms with E-state index < -0.39 is 29.6 Å². The van der Waals surface area contributed by atoms with Gasteiger partial charge in [0, 0.05) is 25.1 Å². The Morgan fingerprint density at radius 3 is 2.15 bits per heavy atom. The number of nitrogens with one attached hydrogen (secondary N) is 2. The smallest absolute Gasteiger partial charge is 0.436 e. The van der Waals surface area contributed by atoms with Crippen molar-refractivity contribution >= 4 is 29.7 Å². The van der Waals surface area contributed by atoms with E-state index in [2.05, 4.69) is 10.6 Å². The number of carbonyl (C=O) groups is 4. The number of amides is 4. The van der Waals surface area contributed by atoms with Crippen molar-refractivity contribution < 1.29 is 28.8 Å². The Balaban J connectivity index is 1.81. The van der Waals surface area contributed by atoms with Gasteiger partial charge in [0.2, 0.25) is 0 Å². The van der Waals surface area contributed by atoms with E-state index in [9.17, 15) is 19.2 Å². The number of benzene rings is 1. The lowest BCUT2D eigenvalue weighted by atomic mass is 10.2. The van der Waals surface area contributed by atoms with Crippen molar-refractivity contribution in [1.29, 1.82) is 0 Å². The van der Waals surface area contributed by atoms with Crippen LogP contribution in [0.4, 0.5) is 15.3 Å². The van der Waals surface area contributed by atoms with Crippen LogP contribution in [-0.2, 0) is 25.7 Å². The van der Waals surface area contributed by atoms with Crippen LogP contribution in [0.5, 0.6) is 0 Å². The molecule has 9 nitrogen and oxygen atoms in total. The van der Waals surface area contributed by atoms with Crippen molar-refractivity contribution in [2.75, 3.05) is 5.32 Å². The number of alkyl carbamates (subject to hydrolysis) is 1. The molecule has 1 aliphatic rings. The second kappa shape index (κ2) is 7.85. The Hall–Kier alpha value is -3.10. The fraction of sp³-hybridized carbons (Fsp3) is 0.412. The highest BCUT2D eigenvalue weighted by Crippen LogP contribution is 2.14. The summed E-state index contributed by atoms with van der Waals surface area (Å²) in [5.41, 5.74) is 0.630. The third-order valence-electron chi connectivity index (χ3n) is 3.22. The third-order valence-corrected chi connectivity index (χ3v) is 3.22. The molecule has 1 aromatic carbocycles. The molecule has 140 valence electrons. The van der Waals surface area contributed by atoms with E-state index in [1.54, 1.807) is 45.0 Å². The van der Waals surface area contributed by atoms with E-state index in [0.29, 0.717) is 10.8 Å². The first-order valence-electron chi connectivity index (χ1n) is 8.04. The largest absolute Gasteiger partial charge is 0.444 e. The van der Waals surface area contributed by atoms with E-state index in [-0.39, 0.29) is 19.4 Å². The monoisotopic (exact) mass is 363 g/mol. The first-order valence-corrected chi connectivity index (χ1v) is 8.04. The number of nitrogens with zero attached hydrogens (tertiary/aromatic N) is 1. The van der Waals surface area contributed by atoms with Crippen molar-refractivity contribution in [3.05, 3.63) is 29.8 Å². The summed E-state index contributed by atoms with van der Waals surface area (Å²) in [7, 11) is 0. The molecule has 0 saturated carbocycles. The molecular formula is C17H21N3O6. The van der Waals surface area contributed by atoms with Gasteiger partial charge in [-0.2, -0.15) is 0 Å². The summed E-state index contributed by atoms with van der Waals surface area (Å²) in [6.07, 6.45) is -1.40. The molecule has 1 aromatic rings. The molecule has 0 spiro atoms. The molecule has 0 bridgehead atoms. The molecule has 1 saturated heterocycles. The van der Waals surface area contributed by atoms with Gasteiger partial charge in [-0.15, -0.1) is 5.06 Å². The minimum Gasteiger partial charge on any atom is -0.444 e. The van der Waals surface area contributed by atoms with Gasteiger partial charge in [0.1, 0.15) is 5.60 Å². The maximum absolute atomic E-state index is 11.7. The topological polar surface area (TPSA) is 114 Å². The maximum atomic E-state index is 11.7. The van der Waals surface area contributed by atoms with Crippen molar-refractivity contribution in [2.24, 2.45) is 0 Å². The lowest BCUT2D eigenvalue weighted by Gasteiger charge is -2.19. The molecule has 0 aromatic heterocycles. The van der Waals surface area contributed by atoms with E-state index >= 15 is 0 Å². The molecule has 0 aliphatic carbocycles. The number of hydrogen-bond acceptors (Lipinski definition) is 6. The Bertz CT molecular complexity index is 692. The molecular weight excluding hydrogens is 342 g/mol. The SMILES string of the molecule is CC(C)(C)OC(=O)NCc1ccc(NC(=O)ON2C(=O)CCC2=O)cc1. The number of carbonyl (C=O) groups excluding carboxylic acids is 4. The normalized spacial score (nSPS) is 14.2. The van der Waals surface area contributed by atoms with Crippen molar-refractivity contribution in [2.45, 2.75) is 45.8 Å². The highest BCUT2D eigenvalue weighted by atomic mass is 16.7. The Morgan fingerprint density at radius 2 is 1.62 bits per heavy atom. The Morgan fingerprint density at radius 1 is 1.04 bits per heavy atom. The van der Waals surface area contributed by atoms with Crippen LogP contribution in [0.1, 0.15) is 39.2 Å². The molecule has 1 heterocycles. The Kier molecular flexibility index (Phi) is 5.81. The average molecular weight is 363 g/mol. The molecule has 0 radical (unpaired) electrons. The van der Waals surface area contributed by atoms with Crippen LogP contribution in [0.2, 0.25) is 0 Å². The molecule has 4 amide bonds. The number of hydroxylamine groups is 2. The summed E-state index contributed by atoms with van der Waals surface area (Å²) in [6, 6.07) is 6.58. The molecule has 9 heteroatoms. The zero-order valence-electron chi connectivity index (χ0n) is 14.8. The zero-order chi connectivity index (χ0) is 19.3. The summed E-state index contributed by atoms with van der Waals surface area (Å²) < 4.78 is 5.13. The lowest BCUT2D eigenvalue weighted by Crippen LogP contribution is -2.33. The van der Waals surface area contributed by atoms with Crippen LogP contribution in [0.25, 0.3) is 0 Å². The summed E-state index contributed by atoms with van der Waals surface area (Å²) in [5.74, 6) is -1.09. The summed E-state index contributed by atoms with van der Waals surface area (Å²) in [5, 5.41) is 5.50. The average Bonchev–Trinajstić information content (AvgIpc) is 2.84. The fourth-order valence-electron chi connectivity index (χ4n) is 2.08. The number of ether oxygens (including phenoxy) is 1. The summed E-state index contributed by atoms with van der Waals surface area (Å²) in [6.45, 7) is 5.58. The standard InChI is InChI=1S/C17H21N3O6/c1-17(2,3)25-15(23)18-10-11-4-6-12(7-5-11)19-16(24)26-20-13(21)8-9-14(20)22/h4-7H,8-10H2,1-3H3,(H,18,23)(H,19,24). The molecule has 2 N–H and O–H groups in total. The molecule has 26 heavy (non-hydrogen) atoms. The lowest BCUT2D eigenvalue weighted by molar-refractivity contribution is -0.170. The zero-order valence-corrected chi connectivity index (χ0v) is 14.8.